The highest BCUT2D eigenvalue weighted by atomic mass is 79.9. The van der Waals surface area contributed by atoms with E-state index < -0.39 is 0 Å². The van der Waals surface area contributed by atoms with Gasteiger partial charge in [0.25, 0.3) is 0 Å². The predicted octanol–water partition coefficient (Wildman–Crippen LogP) is 1.48. The van der Waals surface area contributed by atoms with Gasteiger partial charge < -0.3 is 10.8 Å². The molecule has 0 radical (unpaired) electrons. The van der Waals surface area contributed by atoms with Gasteiger partial charge in [-0.05, 0) is 17.7 Å². The quantitative estimate of drug-likeness (QED) is 0.826. The Morgan fingerprint density at radius 3 is 2.33 bits per heavy atom. The number of halogens is 1. The zero-order valence-electron chi connectivity index (χ0n) is 6.70. The molecule has 1 rings (SSSR count). The van der Waals surface area contributed by atoms with Gasteiger partial charge in [-0.1, -0.05) is 28.1 Å². The summed E-state index contributed by atoms with van der Waals surface area (Å²) in [5, 5.41) is 8.96. The molecule has 0 fully saturated rings. The summed E-state index contributed by atoms with van der Waals surface area (Å²) >= 11 is 3.34. The number of rotatable bonds is 3. The second kappa shape index (κ2) is 4.60. The summed E-state index contributed by atoms with van der Waals surface area (Å²) in [5.41, 5.74) is 6.57. The molecule has 0 heterocycles. The Morgan fingerprint density at radius 2 is 1.92 bits per heavy atom. The van der Waals surface area contributed by atoms with Gasteiger partial charge in [-0.2, -0.15) is 0 Å². The second-order valence-electron chi connectivity index (χ2n) is 2.67. The number of aliphatic hydroxyl groups excluding tert-OH is 1. The molecule has 2 nitrogen and oxygen atoms in total. The lowest BCUT2D eigenvalue weighted by atomic mass is 10.0. The van der Waals surface area contributed by atoms with Crippen LogP contribution in [0.25, 0.3) is 0 Å². The molecule has 0 aliphatic heterocycles. The van der Waals surface area contributed by atoms with Crippen molar-refractivity contribution in [3.05, 3.63) is 34.3 Å². The summed E-state index contributed by atoms with van der Waals surface area (Å²) in [7, 11) is 0. The van der Waals surface area contributed by atoms with E-state index in [0.29, 0.717) is 6.54 Å². The number of aliphatic hydroxyl groups is 1. The van der Waals surface area contributed by atoms with Crippen LogP contribution in [0.2, 0.25) is 0 Å². The van der Waals surface area contributed by atoms with E-state index in [4.69, 9.17) is 10.8 Å². The SMILES string of the molecule is NC[C@@H](CO)c1ccc(Br)cc1. The Hall–Kier alpha value is -0.380. The minimum absolute atomic E-state index is 0.0677. The van der Waals surface area contributed by atoms with Crippen molar-refractivity contribution in [1.29, 1.82) is 0 Å². The second-order valence-corrected chi connectivity index (χ2v) is 3.58. The van der Waals surface area contributed by atoms with E-state index in [-0.39, 0.29) is 12.5 Å². The third-order valence-corrected chi connectivity index (χ3v) is 2.37. The Bertz CT molecular complexity index is 231. The smallest absolute Gasteiger partial charge is 0.0511 e. The van der Waals surface area contributed by atoms with Crippen LogP contribution in [0.1, 0.15) is 11.5 Å². The van der Waals surface area contributed by atoms with Crippen LogP contribution < -0.4 is 5.73 Å². The Kier molecular flexibility index (Phi) is 3.72. The van der Waals surface area contributed by atoms with Crippen LogP contribution in [0, 0.1) is 0 Å². The Labute approximate surface area is 80.5 Å². The molecule has 0 amide bonds. The van der Waals surface area contributed by atoms with Gasteiger partial charge in [0.2, 0.25) is 0 Å². The zero-order chi connectivity index (χ0) is 8.97. The summed E-state index contributed by atoms with van der Waals surface area (Å²) in [4.78, 5) is 0. The first-order chi connectivity index (χ1) is 5.77. The molecule has 1 aromatic carbocycles. The molecule has 0 saturated carbocycles. The molecule has 0 bridgehead atoms. The lowest BCUT2D eigenvalue weighted by Crippen LogP contribution is -2.15. The fraction of sp³-hybridized carbons (Fsp3) is 0.333. The van der Waals surface area contributed by atoms with Gasteiger partial charge >= 0.3 is 0 Å². The molecule has 66 valence electrons. The molecule has 3 heteroatoms. The van der Waals surface area contributed by atoms with Crippen LogP contribution in [0.3, 0.4) is 0 Å². The van der Waals surface area contributed by atoms with Gasteiger partial charge in [-0.25, -0.2) is 0 Å². The minimum atomic E-state index is 0.0677. The van der Waals surface area contributed by atoms with E-state index in [0.717, 1.165) is 10.0 Å². The lowest BCUT2D eigenvalue weighted by Gasteiger charge is -2.11. The molecule has 12 heavy (non-hydrogen) atoms. The predicted molar refractivity (Wildman–Crippen MR) is 53.0 cm³/mol. The van der Waals surface area contributed by atoms with Crippen LogP contribution in [-0.4, -0.2) is 18.3 Å². The first-order valence-electron chi connectivity index (χ1n) is 3.84. The van der Waals surface area contributed by atoms with Gasteiger partial charge in [-0.3, -0.25) is 0 Å². The van der Waals surface area contributed by atoms with Crippen LogP contribution >= 0.6 is 15.9 Å². The van der Waals surface area contributed by atoms with Crippen LogP contribution in [0.5, 0.6) is 0 Å². The Balaban J connectivity index is 2.80. The van der Waals surface area contributed by atoms with Crippen LogP contribution in [0.15, 0.2) is 28.7 Å². The first-order valence-corrected chi connectivity index (χ1v) is 4.63. The summed E-state index contributed by atoms with van der Waals surface area (Å²) in [6.07, 6.45) is 0. The van der Waals surface area contributed by atoms with Gasteiger partial charge in [0.15, 0.2) is 0 Å². The monoisotopic (exact) mass is 229 g/mol. The standard InChI is InChI=1S/C9H12BrNO/c10-9-3-1-7(2-4-9)8(5-11)6-12/h1-4,8,12H,5-6,11H2/t8-/m0/s1. The zero-order valence-corrected chi connectivity index (χ0v) is 8.29. The number of nitrogens with two attached hydrogens (primary N) is 1. The van der Waals surface area contributed by atoms with Crippen molar-refractivity contribution >= 4 is 15.9 Å². The molecule has 1 atom stereocenters. The molecule has 3 N–H and O–H groups in total. The average molecular weight is 230 g/mol. The molecule has 1 aromatic rings. The van der Waals surface area contributed by atoms with Crippen LogP contribution in [-0.2, 0) is 0 Å². The highest BCUT2D eigenvalue weighted by Gasteiger charge is 2.06. The van der Waals surface area contributed by atoms with E-state index in [2.05, 4.69) is 15.9 Å². The maximum atomic E-state index is 8.96. The highest BCUT2D eigenvalue weighted by molar-refractivity contribution is 9.10. The molecular formula is C9H12BrNO. The van der Waals surface area contributed by atoms with Gasteiger partial charge in [0.05, 0.1) is 6.61 Å². The van der Waals surface area contributed by atoms with Gasteiger partial charge in [-0.15, -0.1) is 0 Å². The maximum absolute atomic E-state index is 8.96. The number of hydrogen-bond acceptors (Lipinski definition) is 2. The van der Waals surface area contributed by atoms with Gasteiger partial charge in [0, 0.05) is 16.9 Å². The summed E-state index contributed by atoms with van der Waals surface area (Å²) in [6.45, 7) is 0.594. The van der Waals surface area contributed by atoms with Crippen LogP contribution in [0.4, 0.5) is 0 Å². The number of hydrogen-bond donors (Lipinski definition) is 2. The molecule has 0 saturated heterocycles. The van der Waals surface area contributed by atoms with Gasteiger partial charge in [0.1, 0.15) is 0 Å². The van der Waals surface area contributed by atoms with E-state index in [9.17, 15) is 0 Å². The molecule has 0 aliphatic rings. The highest BCUT2D eigenvalue weighted by Crippen LogP contribution is 2.17. The van der Waals surface area contributed by atoms with Crippen molar-refractivity contribution in [2.75, 3.05) is 13.2 Å². The fourth-order valence-corrected chi connectivity index (χ4v) is 1.32. The Morgan fingerprint density at radius 1 is 1.33 bits per heavy atom. The van der Waals surface area contributed by atoms with Crippen molar-refractivity contribution in [1.82, 2.24) is 0 Å². The minimum Gasteiger partial charge on any atom is -0.396 e. The number of benzene rings is 1. The summed E-state index contributed by atoms with van der Waals surface area (Å²) < 4.78 is 1.04. The molecular weight excluding hydrogens is 218 g/mol. The normalized spacial score (nSPS) is 12.9. The summed E-state index contributed by atoms with van der Waals surface area (Å²) in [6, 6.07) is 7.84. The molecule has 0 aromatic heterocycles. The van der Waals surface area contributed by atoms with E-state index >= 15 is 0 Å². The van der Waals surface area contributed by atoms with Crippen molar-refractivity contribution in [2.24, 2.45) is 5.73 Å². The van der Waals surface area contributed by atoms with E-state index in [1.54, 1.807) is 0 Å². The topological polar surface area (TPSA) is 46.2 Å². The van der Waals surface area contributed by atoms with Crippen molar-refractivity contribution in [2.45, 2.75) is 5.92 Å². The average Bonchev–Trinajstić information content (AvgIpc) is 2.10. The third kappa shape index (κ3) is 2.30. The van der Waals surface area contributed by atoms with E-state index in [1.807, 2.05) is 24.3 Å². The fourth-order valence-electron chi connectivity index (χ4n) is 1.05. The van der Waals surface area contributed by atoms with E-state index in [1.165, 1.54) is 0 Å². The molecule has 0 spiro atoms. The largest absolute Gasteiger partial charge is 0.396 e. The first kappa shape index (κ1) is 9.71. The van der Waals surface area contributed by atoms with Crippen molar-refractivity contribution in [3.8, 4) is 0 Å². The van der Waals surface area contributed by atoms with Crippen molar-refractivity contribution < 1.29 is 5.11 Å². The maximum Gasteiger partial charge on any atom is 0.0511 e. The molecule has 0 unspecified atom stereocenters. The molecule has 0 aliphatic carbocycles. The van der Waals surface area contributed by atoms with Crippen molar-refractivity contribution in [3.63, 3.8) is 0 Å². The summed E-state index contributed by atoms with van der Waals surface area (Å²) in [5.74, 6) is 0.0677. The lowest BCUT2D eigenvalue weighted by molar-refractivity contribution is 0.268. The third-order valence-electron chi connectivity index (χ3n) is 1.85.